The number of piperazine rings is 1. The van der Waals surface area contributed by atoms with E-state index in [2.05, 4.69) is 53.5 Å². The van der Waals surface area contributed by atoms with Crippen molar-refractivity contribution in [3.63, 3.8) is 0 Å². The first-order valence-corrected chi connectivity index (χ1v) is 9.11. The average molecular weight is 423 g/mol. The maximum Gasteiger partial charge on any atom is 0.270 e. The molecule has 0 radical (unpaired) electrons. The Bertz CT molecular complexity index is 687. The molecule has 1 aromatic heterocycles. The number of hydrogen-bond donors (Lipinski definition) is 0. The van der Waals surface area contributed by atoms with Gasteiger partial charge in [-0.2, -0.15) is 0 Å². The van der Waals surface area contributed by atoms with E-state index in [4.69, 9.17) is 0 Å². The monoisotopic (exact) mass is 423 g/mol. The van der Waals surface area contributed by atoms with Crippen molar-refractivity contribution in [3.8, 4) is 5.69 Å². The number of aromatic nitrogens is 1. The molecular weight excluding hydrogens is 401 g/mol. The van der Waals surface area contributed by atoms with Crippen molar-refractivity contribution < 1.29 is 4.79 Å². The maximum absolute atomic E-state index is 12.9. The molecule has 1 amide bonds. The Labute approximate surface area is 151 Å². The van der Waals surface area contributed by atoms with Crippen LogP contribution >= 0.6 is 22.6 Å². The van der Waals surface area contributed by atoms with Gasteiger partial charge in [-0.3, -0.25) is 9.69 Å². The summed E-state index contributed by atoms with van der Waals surface area (Å²) in [5.41, 5.74) is 1.77. The molecule has 3 rings (SSSR count). The smallest absolute Gasteiger partial charge is 0.270 e. The van der Waals surface area contributed by atoms with Crippen LogP contribution in [0.3, 0.4) is 0 Å². The van der Waals surface area contributed by atoms with Crippen molar-refractivity contribution >= 4 is 28.5 Å². The van der Waals surface area contributed by atoms with Gasteiger partial charge >= 0.3 is 0 Å². The highest BCUT2D eigenvalue weighted by molar-refractivity contribution is 14.1. The second-order valence-corrected chi connectivity index (χ2v) is 7.41. The van der Waals surface area contributed by atoms with E-state index in [0.717, 1.165) is 41.1 Å². The molecule has 4 nitrogen and oxygen atoms in total. The highest BCUT2D eigenvalue weighted by Gasteiger charge is 2.25. The van der Waals surface area contributed by atoms with Crippen molar-refractivity contribution in [2.75, 3.05) is 26.2 Å². The molecule has 1 fully saturated rings. The van der Waals surface area contributed by atoms with Crippen LogP contribution in [0.1, 0.15) is 24.3 Å². The number of benzene rings is 1. The van der Waals surface area contributed by atoms with E-state index in [0.29, 0.717) is 6.04 Å². The van der Waals surface area contributed by atoms with Crippen molar-refractivity contribution in [1.82, 2.24) is 14.4 Å². The first kappa shape index (κ1) is 16.5. The Kier molecular flexibility index (Phi) is 5.06. The third kappa shape index (κ3) is 3.61. The van der Waals surface area contributed by atoms with Crippen molar-refractivity contribution in [3.05, 3.63) is 51.9 Å². The lowest BCUT2D eigenvalue weighted by Crippen LogP contribution is -2.50. The predicted octanol–water partition coefficient (Wildman–Crippen LogP) is 3.25. The largest absolute Gasteiger partial charge is 0.335 e. The molecule has 1 aliphatic rings. The summed E-state index contributed by atoms with van der Waals surface area (Å²) >= 11 is 2.30. The molecule has 0 atom stereocenters. The predicted molar refractivity (Wildman–Crippen MR) is 101 cm³/mol. The molecule has 23 heavy (non-hydrogen) atoms. The molecule has 5 heteroatoms. The van der Waals surface area contributed by atoms with Crippen LogP contribution in [0, 0.1) is 3.57 Å². The fraction of sp³-hybridized carbons (Fsp3) is 0.389. The van der Waals surface area contributed by atoms with Crippen molar-refractivity contribution in [1.29, 1.82) is 0 Å². The zero-order valence-electron chi connectivity index (χ0n) is 13.6. The van der Waals surface area contributed by atoms with E-state index < -0.39 is 0 Å². The molecule has 0 aliphatic carbocycles. The zero-order chi connectivity index (χ0) is 16.4. The fourth-order valence-corrected chi connectivity index (χ4v) is 3.54. The number of nitrogens with zero attached hydrogens (tertiary/aromatic N) is 3. The van der Waals surface area contributed by atoms with Crippen LogP contribution in [0.4, 0.5) is 0 Å². The first-order chi connectivity index (χ1) is 11.1. The number of rotatable bonds is 3. The number of carbonyl (C=O) groups is 1. The minimum absolute atomic E-state index is 0.122. The number of amides is 1. The Morgan fingerprint density at radius 3 is 2.48 bits per heavy atom. The lowest BCUT2D eigenvalue weighted by Gasteiger charge is -2.37. The molecule has 0 saturated carbocycles. The summed E-state index contributed by atoms with van der Waals surface area (Å²) in [4.78, 5) is 17.3. The quantitative estimate of drug-likeness (QED) is 0.710. The van der Waals surface area contributed by atoms with Gasteiger partial charge in [0.1, 0.15) is 5.69 Å². The van der Waals surface area contributed by atoms with Gasteiger partial charge in [0.2, 0.25) is 0 Å². The molecule has 1 aromatic carbocycles. The van der Waals surface area contributed by atoms with Crippen molar-refractivity contribution in [2.45, 2.75) is 19.9 Å². The van der Waals surface area contributed by atoms with Gasteiger partial charge in [0.15, 0.2) is 0 Å². The topological polar surface area (TPSA) is 28.5 Å². The summed E-state index contributed by atoms with van der Waals surface area (Å²) < 4.78 is 3.15. The van der Waals surface area contributed by atoms with Gasteiger partial charge in [0.25, 0.3) is 5.91 Å². The number of halogens is 1. The van der Waals surface area contributed by atoms with Gasteiger partial charge in [0.05, 0.1) is 0 Å². The average Bonchev–Trinajstić information content (AvgIpc) is 3.04. The lowest BCUT2D eigenvalue weighted by atomic mass is 10.2. The normalized spacial score (nSPS) is 16.1. The van der Waals surface area contributed by atoms with Gasteiger partial charge in [-0.1, -0.05) is 6.07 Å². The van der Waals surface area contributed by atoms with Gasteiger partial charge in [-0.05, 0) is 66.8 Å². The molecule has 0 unspecified atom stereocenters. The summed E-state index contributed by atoms with van der Waals surface area (Å²) in [6.45, 7) is 7.92. The van der Waals surface area contributed by atoms with Crippen LogP contribution in [-0.2, 0) is 0 Å². The van der Waals surface area contributed by atoms with Gasteiger partial charge in [-0.25, -0.2) is 0 Å². The summed E-state index contributed by atoms with van der Waals surface area (Å²) in [5.74, 6) is 0.122. The standard InChI is InChI=1S/C18H22IN3O/c1-14(2)20-9-11-21(12-10-20)18(23)17-7-4-8-22(17)16-6-3-5-15(19)13-16/h3-8,13-14H,9-12H2,1-2H3. The molecule has 2 heterocycles. The van der Waals surface area contributed by atoms with Crippen LogP contribution in [0.25, 0.3) is 5.69 Å². The minimum atomic E-state index is 0.122. The summed E-state index contributed by atoms with van der Waals surface area (Å²) in [5, 5.41) is 0. The summed E-state index contributed by atoms with van der Waals surface area (Å²) in [6, 6.07) is 12.6. The molecule has 1 aliphatic heterocycles. The number of hydrogen-bond acceptors (Lipinski definition) is 2. The molecule has 0 spiro atoms. The molecular formula is C18H22IN3O. The second-order valence-electron chi connectivity index (χ2n) is 6.17. The molecule has 0 bridgehead atoms. The molecule has 2 aromatic rings. The van der Waals surface area contributed by atoms with E-state index >= 15 is 0 Å². The zero-order valence-corrected chi connectivity index (χ0v) is 15.7. The maximum atomic E-state index is 12.9. The van der Waals surface area contributed by atoms with E-state index in [9.17, 15) is 4.79 Å². The van der Waals surface area contributed by atoms with E-state index in [1.807, 2.05) is 39.9 Å². The highest BCUT2D eigenvalue weighted by Crippen LogP contribution is 2.18. The summed E-state index contributed by atoms with van der Waals surface area (Å²) in [7, 11) is 0. The number of carbonyl (C=O) groups excluding carboxylic acids is 1. The van der Waals surface area contributed by atoms with Crippen LogP contribution in [0.2, 0.25) is 0 Å². The van der Waals surface area contributed by atoms with Crippen LogP contribution in [0.5, 0.6) is 0 Å². The van der Waals surface area contributed by atoms with Gasteiger partial charge in [-0.15, -0.1) is 0 Å². The van der Waals surface area contributed by atoms with Crippen LogP contribution < -0.4 is 0 Å². The van der Waals surface area contributed by atoms with Crippen LogP contribution in [0.15, 0.2) is 42.6 Å². The molecule has 1 saturated heterocycles. The lowest BCUT2D eigenvalue weighted by molar-refractivity contribution is 0.0588. The Morgan fingerprint density at radius 1 is 1.09 bits per heavy atom. The van der Waals surface area contributed by atoms with E-state index in [-0.39, 0.29) is 5.91 Å². The van der Waals surface area contributed by atoms with Crippen molar-refractivity contribution in [2.24, 2.45) is 0 Å². The SMILES string of the molecule is CC(C)N1CCN(C(=O)c2cccn2-c2cccc(I)c2)CC1. The third-order valence-electron chi connectivity index (χ3n) is 4.39. The van der Waals surface area contributed by atoms with Gasteiger partial charge in [0, 0.05) is 47.7 Å². The summed E-state index contributed by atoms with van der Waals surface area (Å²) in [6.07, 6.45) is 1.96. The second kappa shape index (κ2) is 7.05. The Morgan fingerprint density at radius 2 is 1.83 bits per heavy atom. The molecule has 0 N–H and O–H groups in total. The van der Waals surface area contributed by atoms with E-state index in [1.165, 1.54) is 0 Å². The van der Waals surface area contributed by atoms with E-state index in [1.54, 1.807) is 0 Å². The third-order valence-corrected chi connectivity index (χ3v) is 5.06. The van der Waals surface area contributed by atoms with Crippen LogP contribution in [-0.4, -0.2) is 52.5 Å². The Balaban J connectivity index is 1.78. The minimum Gasteiger partial charge on any atom is -0.335 e. The molecule has 122 valence electrons. The Hall–Kier alpha value is -1.34. The first-order valence-electron chi connectivity index (χ1n) is 8.03. The fourth-order valence-electron chi connectivity index (χ4n) is 3.01. The highest BCUT2D eigenvalue weighted by atomic mass is 127. The van der Waals surface area contributed by atoms with Gasteiger partial charge < -0.3 is 9.47 Å².